The number of pyridine rings is 1. The highest BCUT2D eigenvalue weighted by atomic mass is 79.9. The van der Waals surface area contributed by atoms with E-state index < -0.39 is 0 Å². The maximum Gasteiger partial charge on any atom is 0.254 e. The molecule has 0 aliphatic heterocycles. The Bertz CT molecular complexity index is 389. The number of hydrogen-bond donors (Lipinski definition) is 1. The lowest BCUT2D eigenvalue weighted by molar-refractivity contribution is 0.0942. The first-order valence-electron chi connectivity index (χ1n) is 6.16. The van der Waals surface area contributed by atoms with Crippen molar-refractivity contribution in [3.05, 3.63) is 28.5 Å². The fourth-order valence-electron chi connectivity index (χ4n) is 2.28. The van der Waals surface area contributed by atoms with Crippen LogP contribution < -0.4 is 5.32 Å². The van der Waals surface area contributed by atoms with Gasteiger partial charge in [0.15, 0.2) is 0 Å². The van der Waals surface area contributed by atoms with Crippen LogP contribution in [0.1, 0.15) is 42.5 Å². The minimum atomic E-state index is -0.0319. The molecule has 4 heteroatoms. The van der Waals surface area contributed by atoms with Crippen LogP contribution in [0.15, 0.2) is 22.9 Å². The number of carbonyl (C=O) groups excluding carboxylic acids is 1. The van der Waals surface area contributed by atoms with E-state index in [2.05, 4.69) is 26.2 Å². The Morgan fingerprint density at radius 2 is 2.18 bits per heavy atom. The minimum Gasteiger partial charge on any atom is -0.352 e. The van der Waals surface area contributed by atoms with Gasteiger partial charge in [0.05, 0.1) is 5.56 Å². The average molecular weight is 297 g/mol. The third-order valence-corrected chi connectivity index (χ3v) is 3.91. The van der Waals surface area contributed by atoms with Gasteiger partial charge in [-0.05, 0) is 46.8 Å². The zero-order chi connectivity index (χ0) is 12.1. The molecule has 1 aliphatic rings. The Hall–Kier alpha value is -0.900. The molecular weight excluding hydrogens is 280 g/mol. The van der Waals surface area contributed by atoms with Gasteiger partial charge in [-0.3, -0.25) is 4.79 Å². The first kappa shape index (κ1) is 12.6. The topological polar surface area (TPSA) is 42.0 Å². The number of nitrogens with one attached hydrogen (secondary N) is 1. The van der Waals surface area contributed by atoms with Gasteiger partial charge in [0, 0.05) is 12.7 Å². The molecule has 0 radical (unpaired) electrons. The van der Waals surface area contributed by atoms with Gasteiger partial charge in [-0.1, -0.05) is 19.3 Å². The molecule has 1 heterocycles. The van der Waals surface area contributed by atoms with Gasteiger partial charge in [-0.25, -0.2) is 4.98 Å². The van der Waals surface area contributed by atoms with Gasteiger partial charge in [0.2, 0.25) is 0 Å². The van der Waals surface area contributed by atoms with Crippen molar-refractivity contribution in [3.8, 4) is 0 Å². The highest BCUT2D eigenvalue weighted by Gasteiger charge is 2.15. The van der Waals surface area contributed by atoms with Crippen LogP contribution in [-0.4, -0.2) is 17.4 Å². The molecule has 0 spiro atoms. The maximum absolute atomic E-state index is 11.9. The Morgan fingerprint density at radius 3 is 2.88 bits per heavy atom. The van der Waals surface area contributed by atoms with Crippen LogP contribution in [0.2, 0.25) is 0 Å². The van der Waals surface area contributed by atoms with Crippen LogP contribution in [0.4, 0.5) is 0 Å². The first-order chi connectivity index (χ1) is 8.27. The molecule has 1 aromatic rings. The molecule has 1 amide bonds. The molecule has 1 fully saturated rings. The Kier molecular flexibility index (Phi) is 4.54. The second-order valence-electron chi connectivity index (χ2n) is 4.56. The van der Waals surface area contributed by atoms with Crippen LogP contribution in [0.5, 0.6) is 0 Å². The number of halogens is 1. The van der Waals surface area contributed by atoms with Gasteiger partial charge in [0.25, 0.3) is 5.91 Å². The van der Waals surface area contributed by atoms with Crippen molar-refractivity contribution in [1.29, 1.82) is 0 Å². The summed E-state index contributed by atoms with van der Waals surface area (Å²) in [5, 5.41) is 3.00. The number of nitrogens with zero attached hydrogens (tertiary/aromatic N) is 1. The van der Waals surface area contributed by atoms with Crippen LogP contribution in [-0.2, 0) is 0 Å². The number of aromatic nitrogens is 1. The quantitative estimate of drug-likeness (QED) is 0.871. The van der Waals surface area contributed by atoms with Crippen molar-refractivity contribution in [1.82, 2.24) is 10.3 Å². The molecule has 1 aromatic heterocycles. The Morgan fingerprint density at radius 1 is 1.41 bits per heavy atom. The number of hydrogen-bond acceptors (Lipinski definition) is 2. The molecule has 0 bridgehead atoms. The van der Waals surface area contributed by atoms with E-state index in [0.29, 0.717) is 16.1 Å². The second-order valence-corrected chi connectivity index (χ2v) is 5.31. The zero-order valence-electron chi connectivity index (χ0n) is 9.79. The van der Waals surface area contributed by atoms with E-state index in [4.69, 9.17) is 0 Å². The predicted molar refractivity (Wildman–Crippen MR) is 70.8 cm³/mol. The van der Waals surface area contributed by atoms with E-state index in [0.717, 1.165) is 6.54 Å². The van der Waals surface area contributed by atoms with Crippen LogP contribution in [0.3, 0.4) is 0 Å². The molecular formula is C13H17BrN2O. The van der Waals surface area contributed by atoms with Gasteiger partial charge >= 0.3 is 0 Å². The molecule has 0 aromatic carbocycles. The summed E-state index contributed by atoms with van der Waals surface area (Å²) in [5.41, 5.74) is 0.614. The van der Waals surface area contributed by atoms with Crippen LogP contribution in [0, 0.1) is 5.92 Å². The van der Waals surface area contributed by atoms with Crippen molar-refractivity contribution in [3.63, 3.8) is 0 Å². The second kappa shape index (κ2) is 6.15. The summed E-state index contributed by atoms with van der Waals surface area (Å²) in [6.45, 7) is 0.792. The molecule has 92 valence electrons. The fourth-order valence-corrected chi connectivity index (χ4v) is 2.71. The van der Waals surface area contributed by atoms with Gasteiger partial charge in [-0.15, -0.1) is 0 Å². The largest absolute Gasteiger partial charge is 0.352 e. The van der Waals surface area contributed by atoms with Crippen molar-refractivity contribution in [2.75, 3.05) is 6.54 Å². The van der Waals surface area contributed by atoms with Crippen molar-refractivity contribution in [2.45, 2.75) is 32.1 Å². The molecule has 1 saturated carbocycles. The summed E-state index contributed by atoms with van der Waals surface area (Å²) >= 11 is 3.29. The average Bonchev–Trinajstić information content (AvgIpc) is 2.38. The maximum atomic E-state index is 11.9. The van der Waals surface area contributed by atoms with E-state index in [-0.39, 0.29) is 5.91 Å². The summed E-state index contributed by atoms with van der Waals surface area (Å²) in [4.78, 5) is 16.0. The van der Waals surface area contributed by atoms with Crippen LogP contribution in [0.25, 0.3) is 0 Å². The highest BCUT2D eigenvalue weighted by Crippen LogP contribution is 2.23. The summed E-state index contributed by atoms with van der Waals surface area (Å²) in [7, 11) is 0. The monoisotopic (exact) mass is 296 g/mol. The Labute approximate surface area is 110 Å². The molecule has 0 saturated heterocycles. The van der Waals surface area contributed by atoms with Crippen molar-refractivity contribution < 1.29 is 4.79 Å². The lowest BCUT2D eigenvalue weighted by Gasteiger charge is -2.21. The molecule has 0 unspecified atom stereocenters. The lowest BCUT2D eigenvalue weighted by Crippen LogP contribution is -2.30. The summed E-state index contributed by atoms with van der Waals surface area (Å²) in [6.07, 6.45) is 8.11. The Balaban J connectivity index is 1.87. The highest BCUT2D eigenvalue weighted by molar-refractivity contribution is 9.10. The van der Waals surface area contributed by atoms with E-state index in [1.807, 2.05) is 0 Å². The van der Waals surface area contributed by atoms with E-state index in [1.165, 1.54) is 32.1 Å². The standard InChI is InChI=1S/C13H17BrN2O/c14-12-11(7-4-8-15-12)13(17)16-9-10-5-2-1-3-6-10/h4,7-8,10H,1-3,5-6,9H2,(H,16,17). The summed E-state index contributed by atoms with van der Waals surface area (Å²) in [5.74, 6) is 0.624. The summed E-state index contributed by atoms with van der Waals surface area (Å²) in [6, 6.07) is 3.56. The molecule has 3 nitrogen and oxygen atoms in total. The van der Waals surface area contributed by atoms with Gasteiger partial charge in [0.1, 0.15) is 4.60 Å². The van der Waals surface area contributed by atoms with E-state index in [1.54, 1.807) is 18.3 Å². The fraction of sp³-hybridized carbons (Fsp3) is 0.538. The molecule has 1 N–H and O–H groups in total. The normalized spacial score (nSPS) is 16.8. The summed E-state index contributed by atoms with van der Waals surface area (Å²) < 4.78 is 0.612. The van der Waals surface area contributed by atoms with Gasteiger partial charge in [-0.2, -0.15) is 0 Å². The molecule has 17 heavy (non-hydrogen) atoms. The molecule has 0 atom stereocenters. The molecule has 1 aliphatic carbocycles. The molecule has 2 rings (SSSR count). The third-order valence-electron chi connectivity index (χ3n) is 3.28. The number of amides is 1. The third kappa shape index (κ3) is 3.53. The minimum absolute atomic E-state index is 0.0319. The number of carbonyl (C=O) groups is 1. The predicted octanol–water partition coefficient (Wildman–Crippen LogP) is 3.15. The van der Waals surface area contributed by atoms with Crippen molar-refractivity contribution >= 4 is 21.8 Å². The first-order valence-corrected chi connectivity index (χ1v) is 6.95. The smallest absolute Gasteiger partial charge is 0.254 e. The number of rotatable bonds is 3. The van der Waals surface area contributed by atoms with Crippen LogP contribution >= 0.6 is 15.9 Å². The van der Waals surface area contributed by atoms with E-state index >= 15 is 0 Å². The lowest BCUT2D eigenvalue weighted by atomic mass is 9.89. The zero-order valence-corrected chi connectivity index (χ0v) is 11.4. The SMILES string of the molecule is O=C(NCC1CCCCC1)c1cccnc1Br. The van der Waals surface area contributed by atoms with Gasteiger partial charge < -0.3 is 5.32 Å². The van der Waals surface area contributed by atoms with E-state index in [9.17, 15) is 4.79 Å². The van der Waals surface area contributed by atoms with Crippen molar-refractivity contribution in [2.24, 2.45) is 5.92 Å².